The molecule has 2 heterocycles. The zero-order chi connectivity index (χ0) is 13.5. The van der Waals surface area contributed by atoms with Crippen LogP contribution in [-0.2, 0) is 9.59 Å². The standard InChI is InChI=1S/C13H23N3O2S/c17-12(8-11-10-19-7-4-14-11)15-9-13(18)16-5-2-1-3-6-16/h11,14H,1-10H2,(H,15,17). The van der Waals surface area contributed by atoms with Crippen LogP contribution < -0.4 is 10.6 Å². The quantitative estimate of drug-likeness (QED) is 0.775. The summed E-state index contributed by atoms with van der Waals surface area (Å²) in [4.78, 5) is 25.5. The lowest BCUT2D eigenvalue weighted by Gasteiger charge is -2.27. The summed E-state index contributed by atoms with van der Waals surface area (Å²) in [5.74, 6) is 2.13. The van der Waals surface area contributed by atoms with E-state index in [1.54, 1.807) is 0 Å². The summed E-state index contributed by atoms with van der Waals surface area (Å²) in [6.07, 6.45) is 3.85. The molecule has 0 bridgehead atoms. The normalized spacial score (nSPS) is 24.0. The molecule has 0 aliphatic carbocycles. The highest BCUT2D eigenvalue weighted by molar-refractivity contribution is 7.99. The largest absolute Gasteiger partial charge is 0.347 e. The molecule has 108 valence electrons. The second-order valence-corrected chi connectivity index (χ2v) is 6.30. The maximum absolute atomic E-state index is 11.9. The first-order chi connectivity index (χ1) is 9.25. The molecule has 2 amide bonds. The molecule has 2 fully saturated rings. The summed E-state index contributed by atoms with van der Waals surface area (Å²) in [5.41, 5.74) is 0. The maximum Gasteiger partial charge on any atom is 0.241 e. The summed E-state index contributed by atoms with van der Waals surface area (Å²) in [7, 11) is 0. The highest BCUT2D eigenvalue weighted by Gasteiger charge is 2.19. The number of likely N-dealkylation sites (tertiary alicyclic amines) is 1. The molecule has 1 atom stereocenters. The molecule has 1 unspecified atom stereocenters. The van der Waals surface area contributed by atoms with Gasteiger partial charge in [0.1, 0.15) is 0 Å². The number of nitrogens with one attached hydrogen (secondary N) is 2. The molecule has 6 heteroatoms. The minimum atomic E-state index is -0.0228. The van der Waals surface area contributed by atoms with Crippen molar-refractivity contribution in [3.05, 3.63) is 0 Å². The Labute approximate surface area is 118 Å². The van der Waals surface area contributed by atoms with Crippen LogP contribution in [0.5, 0.6) is 0 Å². The average Bonchev–Trinajstić information content (AvgIpc) is 2.47. The molecule has 2 N–H and O–H groups in total. The van der Waals surface area contributed by atoms with E-state index in [4.69, 9.17) is 0 Å². The van der Waals surface area contributed by atoms with Gasteiger partial charge >= 0.3 is 0 Å². The Hall–Kier alpha value is -0.750. The van der Waals surface area contributed by atoms with Gasteiger partial charge in [-0.05, 0) is 19.3 Å². The average molecular weight is 285 g/mol. The summed E-state index contributed by atoms with van der Waals surface area (Å²) in [6, 6.07) is 0.254. The number of carbonyl (C=O) groups excluding carboxylic acids is 2. The van der Waals surface area contributed by atoms with Crippen molar-refractivity contribution in [1.82, 2.24) is 15.5 Å². The van der Waals surface area contributed by atoms with E-state index in [0.717, 1.165) is 44.0 Å². The molecular weight excluding hydrogens is 262 g/mol. The first kappa shape index (κ1) is 14.7. The van der Waals surface area contributed by atoms with E-state index in [0.29, 0.717) is 6.42 Å². The van der Waals surface area contributed by atoms with E-state index in [2.05, 4.69) is 10.6 Å². The van der Waals surface area contributed by atoms with Crippen molar-refractivity contribution >= 4 is 23.6 Å². The number of carbonyl (C=O) groups is 2. The fourth-order valence-electron chi connectivity index (χ4n) is 2.48. The van der Waals surface area contributed by atoms with Crippen molar-refractivity contribution in [1.29, 1.82) is 0 Å². The first-order valence-corrected chi connectivity index (χ1v) is 8.27. The van der Waals surface area contributed by atoms with Crippen LogP contribution >= 0.6 is 11.8 Å². The van der Waals surface area contributed by atoms with Gasteiger partial charge in [-0.25, -0.2) is 0 Å². The molecule has 2 rings (SSSR count). The van der Waals surface area contributed by atoms with Gasteiger partial charge in [-0.1, -0.05) is 0 Å². The lowest BCUT2D eigenvalue weighted by Crippen LogP contribution is -2.45. The molecule has 5 nitrogen and oxygen atoms in total. The van der Waals surface area contributed by atoms with Crippen molar-refractivity contribution in [2.75, 3.05) is 37.7 Å². The Morgan fingerprint density at radius 2 is 2.05 bits per heavy atom. The molecular formula is C13H23N3O2S. The molecule has 0 aromatic carbocycles. The summed E-state index contributed by atoms with van der Waals surface area (Å²) in [5, 5.41) is 6.07. The van der Waals surface area contributed by atoms with E-state index >= 15 is 0 Å². The molecule has 0 spiro atoms. The van der Waals surface area contributed by atoms with E-state index < -0.39 is 0 Å². The molecule has 0 radical (unpaired) electrons. The first-order valence-electron chi connectivity index (χ1n) is 7.11. The van der Waals surface area contributed by atoms with Gasteiger partial charge in [-0.2, -0.15) is 11.8 Å². The van der Waals surface area contributed by atoms with Gasteiger partial charge in [-0.15, -0.1) is 0 Å². The van der Waals surface area contributed by atoms with Crippen molar-refractivity contribution < 1.29 is 9.59 Å². The van der Waals surface area contributed by atoms with Crippen LogP contribution in [0.1, 0.15) is 25.7 Å². The number of hydrogen-bond donors (Lipinski definition) is 2. The van der Waals surface area contributed by atoms with Crippen LogP contribution in [-0.4, -0.2) is 60.4 Å². The molecule has 2 aliphatic rings. The number of piperidine rings is 1. The van der Waals surface area contributed by atoms with Gasteiger partial charge in [0.2, 0.25) is 11.8 Å². The Kier molecular flexibility index (Phi) is 5.97. The molecule has 0 aromatic heterocycles. The summed E-state index contributed by atoms with van der Waals surface area (Å²) >= 11 is 1.87. The van der Waals surface area contributed by atoms with Crippen molar-refractivity contribution in [2.45, 2.75) is 31.7 Å². The van der Waals surface area contributed by atoms with E-state index in [1.807, 2.05) is 16.7 Å². The Morgan fingerprint density at radius 1 is 1.26 bits per heavy atom. The van der Waals surface area contributed by atoms with Crippen LogP contribution in [0.15, 0.2) is 0 Å². The predicted molar refractivity (Wildman–Crippen MR) is 77.2 cm³/mol. The number of thioether (sulfide) groups is 1. The lowest BCUT2D eigenvalue weighted by molar-refractivity contribution is -0.133. The summed E-state index contributed by atoms with van der Waals surface area (Å²) in [6.45, 7) is 2.80. The molecule has 2 aliphatic heterocycles. The van der Waals surface area contributed by atoms with E-state index in [1.165, 1.54) is 6.42 Å². The maximum atomic E-state index is 11.9. The van der Waals surface area contributed by atoms with Crippen molar-refractivity contribution in [2.24, 2.45) is 0 Å². The third-order valence-electron chi connectivity index (χ3n) is 3.58. The van der Waals surface area contributed by atoms with Crippen molar-refractivity contribution in [3.63, 3.8) is 0 Å². The third kappa shape index (κ3) is 5.03. The third-order valence-corrected chi connectivity index (χ3v) is 4.71. The fraction of sp³-hybridized carbons (Fsp3) is 0.846. The van der Waals surface area contributed by atoms with Crippen LogP contribution in [0.25, 0.3) is 0 Å². The minimum Gasteiger partial charge on any atom is -0.347 e. The second-order valence-electron chi connectivity index (χ2n) is 5.15. The Morgan fingerprint density at radius 3 is 2.74 bits per heavy atom. The van der Waals surface area contributed by atoms with Gasteiger partial charge in [0.15, 0.2) is 0 Å². The number of nitrogens with zero attached hydrogens (tertiary/aromatic N) is 1. The van der Waals surface area contributed by atoms with Gasteiger partial charge < -0.3 is 15.5 Å². The molecule has 0 saturated carbocycles. The highest BCUT2D eigenvalue weighted by Crippen LogP contribution is 2.10. The lowest BCUT2D eigenvalue weighted by atomic mass is 10.1. The van der Waals surface area contributed by atoms with Crippen LogP contribution in [0.3, 0.4) is 0 Å². The zero-order valence-electron chi connectivity index (χ0n) is 11.3. The number of amides is 2. The highest BCUT2D eigenvalue weighted by atomic mass is 32.2. The molecule has 0 aromatic rings. The monoisotopic (exact) mass is 285 g/mol. The second kappa shape index (κ2) is 7.75. The zero-order valence-corrected chi connectivity index (χ0v) is 12.1. The minimum absolute atomic E-state index is 0.0228. The van der Waals surface area contributed by atoms with Gasteiger partial charge in [0.25, 0.3) is 0 Å². The Bertz CT molecular complexity index is 313. The van der Waals surface area contributed by atoms with Crippen LogP contribution in [0.2, 0.25) is 0 Å². The van der Waals surface area contributed by atoms with Gasteiger partial charge in [0.05, 0.1) is 6.54 Å². The van der Waals surface area contributed by atoms with Gasteiger partial charge in [-0.3, -0.25) is 9.59 Å². The van der Waals surface area contributed by atoms with E-state index in [-0.39, 0.29) is 24.4 Å². The van der Waals surface area contributed by atoms with Gasteiger partial charge in [0, 0.05) is 43.6 Å². The van der Waals surface area contributed by atoms with Crippen molar-refractivity contribution in [3.8, 4) is 0 Å². The smallest absolute Gasteiger partial charge is 0.241 e. The molecule has 19 heavy (non-hydrogen) atoms. The summed E-state index contributed by atoms with van der Waals surface area (Å²) < 4.78 is 0. The topological polar surface area (TPSA) is 61.4 Å². The van der Waals surface area contributed by atoms with E-state index in [9.17, 15) is 9.59 Å². The number of hydrogen-bond acceptors (Lipinski definition) is 4. The predicted octanol–water partition coefficient (Wildman–Crippen LogP) is 0.210. The van der Waals surface area contributed by atoms with Crippen LogP contribution in [0, 0.1) is 0 Å². The SMILES string of the molecule is O=C(CC1CSCCN1)NCC(=O)N1CCCCC1. The fourth-order valence-corrected chi connectivity index (χ4v) is 3.43. The van der Waals surface area contributed by atoms with Crippen LogP contribution in [0.4, 0.5) is 0 Å². The molecule has 2 saturated heterocycles. The number of rotatable bonds is 4. The Balaban J connectivity index is 1.63.